The molecule has 4 nitrogen and oxygen atoms in total. The molecule has 0 atom stereocenters. The van der Waals surface area contributed by atoms with Crippen LogP contribution in [0.25, 0.3) is 0 Å². The maximum Gasteiger partial charge on any atom is 0.220 e. The predicted molar refractivity (Wildman–Crippen MR) is 84.7 cm³/mol. The highest BCUT2D eigenvalue weighted by Gasteiger charge is 2.02. The fourth-order valence-electron chi connectivity index (χ4n) is 1.56. The molecule has 1 rings (SSSR count). The molecule has 3 N–H and O–H groups in total. The van der Waals surface area contributed by atoms with Gasteiger partial charge in [0.15, 0.2) is 0 Å². The number of nitrogens with one attached hydrogen (secondary N) is 1. The number of ether oxygens (including phenoxy) is 1. The van der Waals surface area contributed by atoms with Gasteiger partial charge in [0.1, 0.15) is 5.75 Å². The molecule has 0 saturated carbocycles. The zero-order chi connectivity index (χ0) is 13.9. The molecule has 0 aliphatic carbocycles. The van der Waals surface area contributed by atoms with Crippen LogP contribution < -0.4 is 15.8 Å². The second-order valence-electron chi connectivity index (χ2n) is 4.23. The SMILES string of the molecule is Cl.NCCCCNC(=O)CCCOc1ccccc1Cl. The van der Waals surface area contributed by atoms with Gasteiger partial charge in [0.25, 0.3) is 0 Å². The Labute approximate surface area is 131 Å². The first-order chi connectivity index (χ1) is 9.24. The van der Waals surface area contributed by atoms with Crippen LogP contribution in [0.15, 0.2) is 24.3 Å². The molecule has 0 saturated heterocycles. The van der Waals surface area contributed by atoms with Gasteiger partial charge >= 0.3 is 0 Å². The molecular weight excluding hydrogens is 299 g/mol. The number of para-hydroxylation sites is 1. The highest BCUT2D eigenvalue weighted by atomic mass is 35.5. The van der Waals surface area contributed by atoms with Crippen LogP contribution in [0.2, 0.25) is 5.02 Å². The molecule has 114 valence electrons. The minimum absolute atomic E-state index is 0. The number of hydrogen-bond donors (Lipinski definition) is 2. The van der Waals surface area contributed by atoms with Crippen molar-refractivity contribution < 1.29 is 9.53 Å². The molecule has 0 fully saturated rings. The molecule has 0 aliphatic rings. The Kier molecular flexibility index (Phi) is 11.3. The summed E-state index contributed by atoms with van der Waals surface area (Å²) >= 11 is 5.95. The maximum atomic E-state index is 11.5. The van der Waals surface area contributed by atoms with Gasteiger partial charge in [-0.1, -0.05) is 23.7 Å². The molecular formula is C14H22Cl2N2O2. The average molecular weight is 321 g/mol. The van der Waals surface area contributed by atoms with Gasteiger partial charge in [-0.3, -0.25) is 4.79 Å². The fourth-order valence-corrected chi connectivity index (χ4v) is 1.75. The fraction of sp³-hybridized carbons (Fsp3) is 0.500. The summed E-state index contributed by atoms with van der Waals surface area (Å²) in [5, 5.41) is 3.44. The van der Waals surface area contributed by atoms with E-state index in [1.54, 1.807) is 6.07 Å². The van der Waals surface area contributed by atoms with Gasteiger partial charge in [-0.15, -0.1) is 12.4 Å². The van der Waals surface area contributed by atoms with Crippen LogP contribution in [-0.4, -0.2) is 25.6 Å². The Morgan fingerprint density at radius 2 is 2.00 bits per heavy atom. The van der Waals surface area contributed by atoms with E-state index in [0.717, 1.165) is 12.8 Å². The normalized spacial score (nSPS) is 9.70. The number of unbranched alkanes of at least 4 members (excludes halogenated alkanes) is 1. The summed E-state index contributed by atoms with van der Waals surface area (Å²) in [5.41, 5.74) is 5.37. The van der Waals surface area contributed by atoms with Crippen molar-refractivity contribution in [1.29, 1.82) is 0 Å². The molecule has 1 aromatic rings. The van der Waals surface area contributed by atoms with E-state index in [9.17, 15) is 4.79 Å². The molecule has 0 spiro atoms. The molecule has 20 heavy (non-hydrogen) atoms. The number of hydrogen-bond acceptors (Lipinski definition) is 3. The number of carbonyl (C=O) groups is 1. The van der Waals surface area contributed by atoms with Crippen LogP contribution in [0.1, 0.15) is 25.7 Å². The number of nitrogens with two attached hydrogens (primary N) is 1. The summed E-state index contributed by atoms with van der Waals surface area (Å²) in [6, 6.07) is 7.31. The van der Waals surface area contributed by atoms with Gasteiger partial charge in [-0.2, -0.15) is 0 Å². The minimum Gasteiger partial charge on any atom is -0.492 e. The van der Waals surface area contributed by atoms with Crippen molar-refractivity contribution in [3.63, 3.8) is 0 Å². The van der Waals surface area contributed by atoms with Gasteiger partial charge in [0.2, 0.25) is 5.91 Å². The Hall–Kier alpha value is -0.970. The van der Waals surface area contributed by atoms with Crippen molar-refractivity contribution in [3.05, 3.63) is 29.3 Å². The Balaban J connectivity index is 0.00000361. The van der Waals surface area contributed by atoms with E-state index in [4.69, 9.17) is 22.1 Å². The lowest BCUT2D eigenvalue weighted by molar-refractivity contribution is -0.121. The van der Waals surface area contributed by atoms with Crippen LogP contribution >= 0.6 is 24.0 Å². The van der Waals surface area contributed by atoms with Crippen molar-refractivity contribution in [3.8, 4) is 5.75 Å². The van der Waals surface area contributed by atoms with Gasteiger partial charge in [-0.25, -0.2) is 0 Å². The summed E-state index contributed by atoms with van der Waals surface area (Å²) in [6.07, 6.45) is 3.01. The Morgan fingerprint density at radius 1 is 1.25 bits per heavy atom. The third-order valence-electron chi connectivity index (χ3n) is 2.60. The molecule has 0 aromatic heterocycles. The molecule has 0 aliphatic heterocycles. The first-order valence-electron chi connectivity index (χ1n) is 6.58. The number of rotatable bonds is 9. The lowest BCUT2D eigenvalue weighted by Crippen LogP contribution is -2.25. The van der Waals surface area contributed by atoms with E-state index >= 15 is 0 Å². The molecule has 6 heteroatoms. The van der Waals surface area contributed by atoms with Gasteiger partial charge in [-0.05, 0) is 37.9 Å². The van der Waals surface area contributed by atoms with Crippen molar-refractivity contribution in [2.45, 2.75) is 25.7 Å². The van der Waals surface area contributed by atoms with E-state index in [1.807, 2.05) is 18.2 Å². The second kappa shape index (κ2) is 11.8. The lowest BCUT2D eigenvalue weighted by Gasteiger charge is -2.08. The monoisotopic (exact) mass is 320 g/mol. The molecule has 1 aromatic carbocycles. The van der Waals surface area contributed by atoms with Crippen molar-refractivity contribution in [1.82, 2.24) is 5.32 Å². The summed E-state index contributed by atoms with van der Waals surface area (Å²) in [4.78, 5) is 11.5. The van der Waals surface area contributed by atoms with Crippen molar-refractivity contribution in [2.75, 3.05) is 19.7 Å². The zero-order valence-electron chi connectivity index (χ0n) is 11.4. The van der Waals surface area contributed by atoms with Crippen LogP contribution in [0.4, 0.5) is 0 Å². The van der Waals surface area contributed by atoms with E-state index in [-0.39, 0.29) is 18.3 Å². The maximum absolute atomic E-state index is 11.5. The Bertz CT molecular complexity index is 389. The zero-order valence-corrected chi connectivity index (χ0v) is 13.0. The number of halogens is 2. The average Bonchev–Trinajstić information content (AvgIpc) is 2.41. The Morgan fingerprint density at radius 3 is 2.70 bits per heavy atom. The minimum atomic E-state index is 0. The van der Waals surface area contributed by atoms with Crippen LogP contribution in [0, 0.1) is 0 Å². The predicted octanol–water partition coefficient (Wildman–Crippen LogP) is 2.78. The molecule has 1 amide bonds. The molecule has 0 unspecified atom stereocenters. The van der Waals surface area contributed by atoms with Crippen molar-refractivity contribution >= 4 is 29.9 Å². The second-order valence-corrected chi connectivity index (χ2v) is 4.64. The number of benzene rings is 1. The number of amides is 1. The van der Waals surface area contributed by atoms with Crippen molar-refractivity contribution in [2.24, 2.45) is 5.73 Å². The first kappa shape index (κ1) is 19.0. The lowest BCUT2D eigenvalue weighted by atomic mass is 10.3. The third-order valence-corrected chi connectivity index (χ3v) is 2.91. The highest BCUT2D eigenvalue weighted by molar-refractivity contribution is 6.32. The standard InChI is InChI=1S/C14H21ClN2O2.ClH/c15-12-6-1-2-7-13(12)19-11-5-8-14(18)17-10-4-3-9-16;/h1-2,6-7H,3-5,8-11,16H2,(H,17,18);1H. The topological polar surface area (TPSA) is 64.3 Å². The smallest absolute Gasteiger partial charge is 0.220 e. The first-order valence-corrected chi connectivity index (χ1v) is 6.96. The summed E-state index contributed by atoms with van der Waals surface area (Å²) in [7, 11) is 0. The summed E-state index contributed by atoms with van der Waals surface area (Å²) in [5.74, 6) is 0.715. The highest BCUT2D eigenvalue weighted by Crippen LogP contribution is 2.23. The largest absolute Gasteiger partial charge is 0.492 e. The number of carbonyl (C=O) groups excluding carboxylic acids is 1. The van der Waals surface area contributed by atoms with E-state index in [0.29, 0.717) is 43.3 Å². The summed E-state index contributed by atoms with van der Waals surface area (Å²) < 4.78 is 5.50. The van der Waals surface area contributed by atoms with Crippen LogP contribution in [0.5, 0.6) is 5.75 Å². The van der Waals surface area contributed by atoms with E-state index < -0.39 is 0 Å². The molecule has 0 bridgehead atoms. The van der Waals surface area contributed by atoms with E-state index in [1.165, 1.54) is 0 Å². The third kappa shape index (κ3) is 8.25. The molecule has 0 radical (unpaired) electrons. The van der Waals surface area contributed by atoms with Crippen LogP contribution in [0.3, 0.4) is 0 Å². The van der Waals surface area contributed by atoms with Gasteiger partial charge in [0, 0.05) is 13.0 Å². The van der Waals surface area contributed by atoms with E-state index in [2.05, 4.69) is 5.32 Å². The summed E-state index contributed by atoms with van der Waals surface area (Å²) in [6.45, 7) is 1.85. The molecule has 0 heterocycles. The van der Waals surface area contributed by atoms with Gasteiger partial charge < -0.3 is 15.8 Å². The van der Waals surface area contributed by atoms with Gasteiger partial charge in [0.05, 0.1) is 11.6 Å². The van der Waals surface area contributed by atoms with Crippen LogP contribution in [-0.2, 0) is 4.79 Å². The quantitative estimate of drug-likeness (QED) is 0.688.